The molecule has 1 saturated carbocycles. The fraction of sp³-hybridized carbons (Fsp3) is 0.458. The van der Waals surface area contributed by atoms with Crippen molar-refractivity contribution in [1.82, 2.24) is 10.2 Å². The molecule has 7 heteroatoms. The molecular formula is C24H28N2O5. The molecule has 31 heavy (non-hydrogen) atoms. The second kappa shape index (κ2) is 8.77. The normalized spacial score (nSPS) is 27.0. The number of rotatable bonds is 6. The minimum atomic E-state index is -0.515. The Hall–Kier alpha value is -2.77. The second-order valence-corrected chi connectivity index (χ2v) is 8.69. The molecular weight excluding hydrogens is 396 g/mol. The average molecular weight is 424 g/mol. The summed E-state index contributed by atoms with van der Waals surface area (Å²) >= 11 is 0. The fourth-order valence-corrected chi connectivity index (χ4v) is 4.92. The molecule has 2 fully saturated rings. The second-order valence-electron chi connectivity index (χ2n) is 8.69. The highest BCUT2D eigenvalue weighted by molar-refractivity contribution is 5.78. The molecule has 1 amide bonds. The summed E-state index contributed by atoms with van der Waals surface area (Å²) in [6.07, 6.45) is 0.705. The van der Waals surface area contributed by atoms with Crippen molar-refractivity contribution in [2.45, 2.75) is 31.6 Å². The highest BCUT2D eigenvalue weighted by atomic mass is 16.7. The highest BCUT2D eigenvalue weighted by Gasteiger charge is 2.43. The van der Waals surface area contributed by atoms with Crippen LogP contribution in [0.25, 0.3) is 0 Å². The smallest absolute Gasteiger partial charge is 0.234 e. The van der Waals surface area contributed by atoms with Crippen molar-refractivity contribution in [3.8, 4) is 17.2 Å². The maximum Gasteiger partial charge on any atom is 0.234 e. The number of ether oxygens (including phenoxy) is 3. The van der Waals surface area contributed by atoms with Gasteiger partial charge >= 0.3 is 0 Å². The number of nitrogens with one attached hydrogen (secondary N) is 1. The predicted molar refractivity (Wildman–Crippen MR) is 114 cm³/mol. The van der Waals surface area contributed by atoms with Gasteiger partial charge < -0.3 is 24.6 Å². The Morgan fingerprint density at radius 1 is 1.06 bits per heavy atom. The van der Waals surface area contributed by atoms with E-state index in [2.05, 4.69) is 10.2 Å². The Morgan fingerprint density at radius 3 is 2.68 bits per heavy atom. The summed E-state index contributed by atoms with van der Waals surface area (Å²) in [7, 11) is 0. The number of likely N-dealkylation sites (tertiary alicyclic amines) is 1. The topological polar surface area (TPSA) is 80.3 Å². The van der Waals surface area contributed by atoms with Crippen molar-refractivity contribution in [1.29, 1.82) is 0 Å². The molecule has 4 atom stereocenters. The van der Waals surface area contributed by atoms with Crippen LogP contribution in [0.3, 0.4) is 0 Å². The third-order valence-corrected chi connectivity index (χ3v) is 6.49. The molecule has 0 spiro atoms. The molecule has 2 heterocycles. The summed E-state index contributed by atoms with van der Waals surface area (Å²) in [6, 6.07) is 15.4. The van der Waals surface area contributed by atoms with E-state index >= 15 is 0 Å². The minimum absolute atomic E-state index is 0.0382. The molecule has 5 rings (SSSR count). The summed E-state index contributed by atoms with van der Waals surface area (Å²) in [5.41, 5.74) is 1.09. The first-order valence-electron chi connectivity index (χ1n) is 10.9. The van der Waals surface area contributed by atoms with Gasteiger partial charge in [0.15, 0.2) is 11.5 Å². The summed E-state index contributed by atoms with van der Waals surface area (Å²) in [6.45, 7) is 2.87. The van der Waals surface area contributed by atoms with Gasteiger partial charge in [0.05, 0.1) is 12.6 Å². The molecule has 0 radical (unpaired) electrons. The van der Waals surface area contributed by atoms with E-state index < -0.39 is 6.10 Å². The Labute approximate surface area is 181 Å². The molecule has 0 bridgehead atoms. The van der Waals surface area contributed by atoms with E-state index in [1.165, 1.54) is 0 Å². The quantitative estimate of drug-likeness (QED) is 0.740. The Balaban J connectivity index is 1.13. The first-order chi connectivity index (χ1) is 15.1. The summed E-state index contributed by atoms with van der Waals surface area (Å²) in [5, 5.41) is 13.7. The van der Waals surface area contributed by atoms with E-state index in [4.69, 9.17) is 14.2 Å². The lowest BCUT2D eigenvalue weighted by Crippen LogP contribution is -2.42. The van der Waals surface area contributed by atoms with Crippen molar-refractivity contribution >= 4 is 5.91 Å². The molecule has 2 aromatic rings. The highest BCUT2D eigenvalue weighted by Crippen LogP contribution is 2.40. The van der Waals surface area contributed by atoms with Crippen LogP contribution in [0.2, 0.25) is 0 Å². The molecule has 2 N–H and O–H groups in total. The first-order valence-corrected chi connectivity index (χ1v) is 10.9. The van der Waals surface area contributed by atoms with Gasteiger partial charge in [-0.2, -0.15) is 0 Å². The van der Waals surface area contributed by atoms with Gasteiger partial charge in [0.1, 0.15) is 11.9 Å². The number of hydrogen-bond donors (Lipinski definition) is 2. The number of amides is 1. The molecule has 7 nitrogen and oxygen atoms in total. The monoisotopic (exact) mass is 424 g/mol. The van der Waals surface area contributed by atoms with Gasteiger partial charge in [-0.3, -0.25) is 9.69 Å². The minimum Gasteiger partial charge on any atom is -0.488 e. The Kier molecular flexibility index (Phi) is 5.70. The zero-order valence-corrected chi connectivity index (χ0v) is 17.4. The van der Waals surface area contributed by atoms with E-state index in [0.717, 1.165) is 25.1 Å². The van der Waals surface area contributed by atoms with Crippen LogP contribution < -0.4 is 19.5 Å². The van der Waals surface area contributed by atoms with E-state index in [1.54, 1.807) is 0 Å². The Morgan fingerprint density at radius 2 is 1.84 bits per heavy atom. The number of aliphatic hydroxyl groups excluding tert-OH is 1. The lowest BCUT2D eigenvalue weighted by Gasteiger charge is -2.35. The van der Waals surface area contributed by atoms with Crippen LogP contribution in [0, 0.1) is 11.8 Å². The van der Waals surface area contributed by atoms with Crippen LogP contribution in [0.5, 0.6) is 17.2 Å². The summed E-state index contributed by atoms with van der Waals surface area (Å²) in [4.78, 5) is 14.6. The average Bonchev–Trinajstić information content (AvgIpc) is 3.39. The van der Waals surface area contributed by atoms with E-state index in [-0.39, 0.29) is 18.8 Å². The first kappa shape index (κ1) is 20.2. The predicted octanol–water partition coefficient (Wildman–Crippen LogP) is 2.18. The van der Waals surface area contributed by atoms with Gasteiger partial charge in [0.2, 0.25) is 12.7 Å². The van der Waals surface area contributed by atoms with Crippen molar-refractivity contribution in [2.75, 3.05) is 26.4 Å². The van der Waals surface area contributed by atoms with Crippen LogP contribution in [0.1, 0.15) is 18.4 Å². The van der Waals surface area contributed by atoms with Gasteiger partial charge in [-0.05, 0) is 42.4 Å². The van der Waals surface area contributed by atoms with Crippen LogP contribution in [0.4, 0.5) is 0 Å². The summed E-state index contributed by atoms with van der Waals surface area (Å²) < 4.78 is 16.9. The maximum absolute atomic E-state index is 12.4. The lowest BCUT2D eigenvalue weighted by atomic mass is 9.78. The Bertz CT molecular complexity index is 921. The molecule has 1 aliphatic carbocycles. The van der Waals surface area contributed by atoms with E-state index in [9.17, 15) is 9.90 Å². The van der Waals surface area contributed by atoms with Gasteiger partial charge in [-0.15, -0.1) is 0 Å². The number of carbonyl (C=O) groups is 1. The van der Waals surface area contributed by atoms with Crippen LogP contribution >= 0.6 is 0 Å². The van der Waals surface area contributed by atoms with Gasteiger partial charge in [0.25, 0.3) is 0 Å². The van der Waals surface area contributed by atoms with Crippen molar-refractivity contribution in [3.05, 3.63) is 54.1 Å². The SMILES string of the molecule is O=C(CN1C[C@H]2C[C@@H](Oc3ccc4c(c3)OCO4)[C@H](O)C[C@H]2C1)NCc1ccccc1. The third-order valence-electron chi connectivity index (χ3n) is 6.49. The molecule has 0 aromatic heterocycles. The van der Waals surface area contributed by atoms with Gasteiger partial charge in [0, 0.05) is 25.7 Å². The molecule has 1 saturated heterocycles. The van der Waals surface area contributed by atoms with Crippen molar-refractivity contribution in [3.63, 3.8) is 0 Å². The van der Waals surface area contributed by atoms with Crippen LogP contribution in [-0.2, 0) is 11.3 Å². The van der Waals surface area contributed by atoms with Crippen molar-refractivity contribution < 1.29 is 24.1 Å². The zero-order chi connectivity index (χ0) is 21.2. The molecule has 0 unspecified atom stereocenters. The number of carbonyl (C=O) groups excluding carboxylic acids is 1. The molecule has 3 aliphatic rings. The van der Waals surface area contributed by atoms with Gasteiger partial charge in [-0.25, -0.2) is 0 Å². The van der Waals surface area contributed by atoms with Crippen LogP contribution in [0.15, 0.2) is 48.5 Å². The third kappa shape index (κ3) is 4.62. The fourth-order valence-electron chi connectivity index (χ4n) is 4.92. The number of fused-ring (bicyclic) bond motifs is 2. The number of benzene rings is 2. The summed E-state index contributed by atoms with van der Waals surface area (Å²) in [5.74, 6) is 2.93. The largest absolute Gasteiger partial charge is 0.488 e. The maximum atomic E-state index is 12.4. The molecule has 164 valence electrons. The lowest BCUT2D eigenvalue weighted by molar-refractivity contribution is -0.122. The van der Waals surface area contributed by atoms with E-state index in [1.807, 2.05) is 48.5 Å². The zero-order valence-electron chi connectivity index (χ0n) is 17.4. The van der Waals surface area contributed by atoms with Gasteiger partial charge in [-0.1, -0.05) is 30.3 Å². The standard InChI is InChI=1S/C24H28N2O5/c27-20-8-17-12-26(14-24(28)25-11-16-4-2-1-3-5-16)13-18(17)9-22(20)31-19-6-7-21-23(10-19)30-15-29-21/h1-7,10,17-18,20,22,27H,8-9,11-15H2,(H,25,28)/t17-,18+,20+,22+/m0/s1. The number of hydrogen-bond acceptors (Lipinski definition) is 6. The van der Waals surface area contributed by atoms with Crippen LogP contribution in [-0.4, -0.2) is 54.5 Å². The molecule has 2 aliphatic heterocycles. The van der Waals surface area contributed by atoms with E-state index in [0.29, 0.717) is 48.6 Å². The number of nitrogens with zero attached hydrogens (tertiary/aromatic N) is 1. The number of aliphatic hydroxyl groups is 1. The molecule has 2 aromatic carbocycles. The van der Waals surface area contributed by atoms with Crippen molar-refractivity contribution in [2.24, 2.45) is 11.8 Å².